The molecule has 46 heavy (non-hydrogen) atoms. The summed E-state index contributed by atoms with van der Waals surface area (Å²) in [6.07, 6.45) is 3.74. The molecule has 212 valence electrons. The Labute approximate surface area is 265 Å². The lowest BCUT2D eigenvalue weighted by Crippen LogP contribution is -1.89. The Balaban J connectivity index is 1.21. The lowest BCUT2D eigenvalue weighted by Gasteiger charge is -2.17. The Bertz CT molecular complexity index is 2760. The standard InChI is InChI=1S/C44H26N2/c1-2-23-45-39(12-1)40-22-21-33(26-46-40)27-13-15-28(16-14-27)34-24-32-20-19-31-7-4-10-36-35-9-3-6-29-17-18-30-8-5-11-37(43(30)41(29)35)38(25-34)44(32)42(31)36/h1-26H. The number of aromatic nitrogens is 2. The normalized spacial score (nSPS) is 11.9. The topological polar surface area (TPSA) is 25.8 Å². The highest BCUT2D eigenvalue weighted by molar-refractivity contribution is 6.37. The van der Waals surface area contributed by atoms with Crippen molar-refractivity contribution in [1.82, 2.24) is 9.97 Å². The zero-order chi connectivity index (χ0) is 30.2. The molecule has 8 aromatic carbocycles. The number of hydrogen-bond donors (Lipinski definition) is 0. The fraction of sp³-hybridized carbons (Fsp3) is 0. The number of fused-ring (bicyclic) bond motifs is 2. The first-order valence-corrected chi connectivity index (χ1v) is 15.7. The predicted octanol–water partition coefficient (Wildman–Crippen LogP) is 11.8. The van der Waals surface area contributed by atoms with Crippen LogP contribution in [0.25, 0.3) is 98.3 Å². The van der Waals surface area contributed by atoms with Gasteiger partial charge in [0.15, 0.2) is 0 Å². The second kappa shape index (κ2) is 9.69. The Kier molecular flexibility index (Phi) is 5.31. The summed E-state index contributed by atoms with van der Waals surface area (Å²) in [6, 6.07) is 53.1. The number of nitrogens with zero attached hydrogens (tertiary/aromatic N) is 2. The molecule has 0 unspecified atom stereocenters. The SMILES string of the molecule is c1ccc(-c2ccc(-c3ccc(-c4cc5ccc6cccc7c8cccc9ccc%10cccc(c(c4)c5c67)c%10c98)cc3)cn2)nc1. The summed E-state index contributed by atoms with van der Waals surface area (Å²) in [6.45, 7) is 0. The van der Waals surface area contributed by atoms with Crippen molar-refractivity contribution in [2.24, 2.45) is 0 Å². The minimum atomic E-state index is 0.877. The molecule has 2 aromatic heterocycles. The van der Waals surface area contributed by atoms with E-state index in [1.54, 1.807) is 6.20 Å². The summed E-state index contributed by atoms with van der Waals surface area (Å²) in [7, 11) is 0. The molecule has 0 fully saturated rings. The Morgan fingerprint density at radius 2 is 0.826 bits per heavy atom. The highest BCUT2D eigenvalue weighted by Gasteiger charge is 2.16. The zero-order valence-corrected chi connectivity index (χ0v) is 24.9. The van der Waals surface area contributed by atoms with E-state index in [0.717, 1.165) is 22.5 Å². The molecule has 0 saturated carbocycles. The summed E-state index contributed by atoms with van der Waals surface area (Å²) in [5.41, 5.74) is 6.40. The monoisotopic (exact) mass is 582 g/mol. The van der Waals surface area contributed by atoms with Crippen LogP contribution in [0.5, 0.6) is 0 Å². The molecule has 0 bridgehead atoms. The average Bonchev–Trinajstić information content (AvgIpc) is 3.13. The third kappa shape index (κ3) is 3.71. The third-order valence-electron chi connectivity index (χ3n) is 9.67. The molecule has 0 amide bonds. The van der Waals surface area contributed by atoms with Gasteiger partial charge in [0, 0.05) is 18.0 Å². The van der Waals surface area contributed by atoms with Crippen LogP contribution in [0.1, 0.15) is 0 Å². The Morgan fingerprint density at radius 3 is 1.39 bits per heavy atom. The van der Waals surface area contributed by atoms with Crippen molar-refractivity contribution in [2.45, 2.75) is 0 Å². The molecule has 10 aromatic rings. The minimum absolute atomic E-state index is 0.877. The molecule has 0 aliphatic heterocycles. The summed E-state index contributed by atoms with van der Waals surface area (Å²) < 4.78 is 0. The number of pyridine rings is 2. The summed E-state index contributed by atoms with van der Waals surface area (Å²) in [5, 5.41) is 15.6. The van der Waals surface area contributed by atoms with Crippen LogP contribution in [-0.4, -0.2) is 9.97 Å². The van der Waals surface area contributed by atoms with Gasteiger partial charge < -0.3 is 0 Å². The van der Waals surface area contributed by atoms with Gasteiger partial charge in [-0.2, -0.15) is 0 Å². The van der Waals surface area contributed by atoms with Crippen molar-refractivity contribution >= 4 is 64.6 Å². The maximum absolute atomic E-state index is 4.70. The quantitative estimate of drug-likeness (QED) is 0.194. The highest BCUT2D eigenvalue weighted by atomic mass is 14.8. The van der Waals surface area contributed by atoms with Gasteiger partial charge >= 0.3 is 0 Å². The number of hydrogen-bond acceptors (Lipinski definition) is 2. The molecule has 0 aliphatic carbocycles. The van der Waals surface area contributed by atoms with E-state index in [9.17, 15) is 0 Å². The van der Waals surface area contributed by atoms with Crippen LogP contribution in [0.2, 0.25) is 0 Å². The van der Waals surface area contributed by atoms with Crippen LogP contribution in [0, 0.1) is 0 Å². The van der Waals surface area contributed by atoms with Gasteiger partial charge in [-0.05, 0) is 112 Å². The molecule has 0 spiro atoms. The van der Waals surface area contributed by atoms with Crippen molar-refractivity contribution in [3.05, 3.63) is 158 Å². The van der Waals surface area contributed by atoms with Gasteiger partial charge in [0.2, 0.25) is 0 Å². The van der Waals surface area contributed by atoms with E-state index in [0.29, 0.717) is 0 Å². The predicted molar refractivity (Wildman–Crippen MR) is 195 cm³/mol. The van der Waals surface area contributed by atoms with Gasteiger partial charge in [-0.3, -0.25) is 9.97 Å². The molecule has 0 radical (unpaired) electrons. The second-order valence-electron chi connectivity index (χ2n) is 12.2. The van der Waals surface area contributed by atoms with Crippen molar-refractivity contribution in [2.75, 3.05) is 0 Å². The van der Waals surface area contributed by atoms with E-state index in [-0.39, 0.29) is 0 Å². The van der Waals surface area contributed by atoms with Crippen LogP contribution in [0.4, 0.5) is 0 Å². The smallest absolute Gasteiger partial charge is 0.0886 e. The van der Waals surface area contributed by atoms with Crippen molar-refractivity contribution < 1.29 is 0 Å². The van der Waals surface area contributed by atoms with Gasteiger partial charge in [-0.15, -0.1) is 0 Å². The number of benzene rings is 7. The Hall–Kier alpha value is -6.12. The van der Waals surface area contributed by atoms with E-state index in [2.05, 4.69) is 126 Å². The van der Waals surface area contributed by atoms with Crippen LogP contribution in [0.15, 0.2) is 158 Å². The fourth-order valence-corrected chi connectivity index (χ4v) is 7.54. The molecule has 10 rings (SSSR count). The van der Waals surface area contributed by atoms with Crippen LogP contribution in [-0.2, 0) is 0 Å². The summed E-state index contributed by atoms with van der Waals surface area (Å²) >= 11 is 0. The molecule has 2 heterocycles. The fourth-order valence-electron chi connectivity index (χ4n) is 7.54. The lowest BCUT2D eigenvalue weighted by atomic mass is 9.86. The van der Waals surface area contributed by atoms with Gasteiger partial charge in [0.25, 0.3) is 0 Å². The van der Waals surface area contributed by atoms with E-state index in [1.807, 2.05) is 30.5 Å². The molecular weight excluding hydrogens is 556 g/mol. The first-order valence-electron chi connectivity index (χ1n) is 15.7. The van der Waals surface area contributed by atoms with E-state index < -0.39 is 0 Å². The first kappa shape index (κ1) is 25.2. The van der Waals surface area contributed by atoms with E-state index >= 15 is 0 Å². The van der Waals surface area contributed by atoms with Gasteiger partial charge in [-0.1, -0.05) is 115 Å². The average molecular weight is 583 g/mol. The molecule has 2 heteroatoms. The van der Waals surface area contributed by atoms with Crippen molar-refractivity contribution in [3.8, 4) is 33.6 Å². The molecule has 0 N–H and O–H groups in total. The second-order valence-corrected chi connectivity index (χ2v) is 12.2. The minimum Gasteiger partial charge on any atom is -0.255 e. The van der Waals surface area contributed by atoms with Crippen LogP contribution >= 0.6 is 0 Å². The maximum atomic E-state index is 4.70. The molecule has 0 aliphatic rings. The third-order valence-corrected chi connectivity index (χ3v) is 9.67. The van der Waals surface area contributed by atoms with Crippen LogP contribution < -0.4 is 0 Å². The van der Waals surface area contributed by atoms with Gasteiger partial charge in [0.1, 0.15) is 0 Å². The van der Waals surface area contributed by atoms with Gasteiger partial charge in [-0.25, -0.2) is 0 Å². The van der Waals surface area contributed by atoms with E-state index in [1.165, 1.54) is 75.8 Å². The largest absolute Gasteiger partial charge is 0.255 e. The number of rotatable bonds is 3. The molecule has 2 nitrogen and oxygen atoms in total. The Morgan fingerprint density at radius 1 is 0.304 bits per heavy atom. The van der Waals surface area contributed by atoms with Crippen molar-refractivity contribution in [3.63, 3.8) is 0 Å². The summed E-state index contributed by atoms with van der Waals surface area (Å²) in [4.78, 5) is 9.13. The van der Waals surface area contributed by atoms with E-state index in [4.69, 9.17) is 4.98 Å². The first-order chi connectivity index (χ1) is 22.8. The lowest BCUT2D eigenvalue weighted by molar-refractivity contribution is 1.25. The van der Waals surface area contributed by atoms with Crippen LogP contribution in [0.3, 0.4) is 0 Å². The van der Waals surface area contributed by atoms with Gasteiger partial charge in [0.05, 0.1) is 11.4 Å². The van der Waals surface area contributed by atoms with Crippen molar-refractivity contribution in [1.29, 1.82) is 0 Å². The molecule has 0 atom stereocenters. The molecule has 0 saturated heterocycles. The summed E-state index contributed by atoms with van der Waals surface area (Å²) in [5.74, 6) is 0. The molecular formula is C44H26N2. The highest BCUT2D eigenvalue weighted by Crippen LogP contribution is 2.44. The maximum Gasteiger partial charge on any atom is 0.0886 e. The zero-order valence-electron chi connectivity index (χ0n) is 24.9.